The Hall–Kier alpha value is -1.84. The molecule has 0 bridgehead atoms. The average Bonchev–Trinajstić information content (AvgIpc) is 2.60. The highest BCUT2D eigenvalue weighted by molar-refractivity contribution is 5.74. The van der Waals surface area contributed by atoms with E-state index < -0.39 is 0 Å². The molecule has 0 aromatic heterocycles. The third kappa shape index (κ3) is 11.7. The Morgan fingerprint density at radius 1 is 0.846 bits per heavy atom. The molecule has 4 heteroatoms. The summed E-state index contributed by atoms with van der Waals surface area (Å²) in [5, 5.41) is 0. The van der Waals surface area contributed by atoms with Gasteiger partial charge in [0.05, 0.1) is 6.61 Å². The molecular weight excluding hydrogens is 328 g/mol. The molecule has 146 valence electrons. The molecule has 0 amide bonds. The minimum absolute atomic E-state index is 0.223. The van der Waals surface area contributed by atoms with Crippen molar-refractivity contribution in [1.29, 1.82) is 0 Å². The Balaban J connectivity index is 1.97. The zero-order valence-electron chi connectivity index (χ0n) is 16.4. The van der Waals surface area contributed by atoms with Gasteiger partial charge in [-0.3, -0.25) is 9.59 Å². The quantitative estimate of drug-likeness (QED) is 0.240. The fourth-order valence-corrected chi connectivity index (χ4v) is 2.73. The van der Waals surface area contributed by atoms with Crippen LogP contribution < -0.4 is 4.74 Å². The van der Waals surface area contributed by atoms with E-state index >= 15 is 0 Å². The predicted octanol–water partition coefficient (Wildman–Crippen LogP) is 5.75. The Bertz CT molecular complexity index is 525. The van der Waals surface area contributed by atoms with Gasteiger partial charge in [-0.25, -0.2) is 0 Å². The molecule has 4 nitrogen and oxygen atoms in total. The summed E-state index contributed by atoms with van der Waals surface area (Å²) in [5.74, 6) is 0.00930. The molecule has 0 aliphatic heterocycles. The zero-order valence-corrected chi connectivity index (χ0v) is 16.4. The molecule has 1 rings (SSSR count). The van der Waals surface area contributed by atoms with Crippen molar-refractivity contribution >= 4 is 11.9 Å². The van der Waals surface area contributed by atoms with Crippen molar-refractivity contribution in [2.45, 2.75) is 84.5 Å². The van der Waals surface area contributed by atoms with Crippen molar-refractivity contribution in [1.82, 2.24) is 0 Å². The van der Waals surface area contributed by atoms with E-state index in [0.29, 0.717) is 18.8 Å². The topological polar surface area (TPSA) is 52.6 Å². The molecule has 0 fully saturated rings. The van der Waals surface area contributed by atoms with Gasteiger partial charge in [0.2, 0.25) is 0 Å². The zero-order chi connectivity index (χ0) is 19.0. The van der Waals surface area contributed by atoms with E-state index in [0.717, 1.165) is 18.4 Å². The molecule has 0 N–H and O–H groups in total. The molecule has 0 saturated carbocycles. The van der Waals surface area contributed by atoms with Crippen molar-refractivity contribution in [2.24, 2.45) is 0 Å². The van der Waals surface area contributed by atoms with Crippen molar-refractivity contribution in [3.8, 4) is 5.75 Å². The van der Waals surface area contributed by atoms with E-state index in [-0.39, 0.29) is 24.8 Å². The highest BCUT2D eigenvalue weighted by atomic mass is 16.5. The smallest absolute Gasteiger partial charge is 0.311 e. The number of unbranched alkanes of at least 4 members (excludes halogenated alkanes) is 7. The molecule has 0 spiro atoms. The number of esters is 2. The maximum atomic E-state index is 11.8. The summed E-state index contributed by atoms with van der Waals surface area (Å²) < 4.78 is 10.5. The van der Waals surface area contributed by atoms with E-state index in [1.165, 1.54) is 38.5 Å². The van der Waals surface area contributed by atoms with Crippen LogP contribution in [0.5, 0.6) is 5.75 Å². The fourth-order valence-electron chi connectivity index (χ4n) is 2.73. The SMILES string of the molecule is CCCCCCCCCCOC(=O)CCCC(=O)Oc1cccc(C)c1. The van der Waals surface area contributed by atoms with Crippen molar-refractivity contribution in [3.05, 3.63) is 29.8 Å². The van der Waals surface area contributed by atoms with E-state index in [1.807, 2.05) is 25.1 Å². The van der Waals surface area contributed by atoms with Crippen LogP contribution in [0.1, 0.15) is 83.1 Å². The first-order valence-electron chi connectivity index (χ1n) is 10.0. The van der Waals surface area contributed by atoms with Crippen LogP contribution in [0.3, 0.4) is 0 Å². The third-order valence-corrected chi connectivity index (χ3v) is 4.24. The standard InChI is InChI=1S/C22H34O4/c1-3-4-5-6-7-8-9-10-17-25-21(23)15-12-16-22(24)26-20-14-11-13-19(2)18-20/h11,13-14,18H,3-10,12,15-17H2,1-2H3. The molecule has 0 aliphatic carbocycles. The van der Waals surface area contributed by atoms with Crippen LogP contribution in [0, 0.1) is 6.92 Å². The number of carbonyl (C=O) groups is 2. The number of carbonyl (C=O) groups excluding carboxylic acids is 2. The molecule has 0 atom stereocenters. The lowest BCUT2D eigenvalue weighted by molar-refractivity contribution is -0.144. The maximum absolute atomic E-state index is 11.8. The lowest BCUT2D eigenvalue weighted by Crippen LogP contribution is -2.10. The van der Waals surface area contributed by atoms with Gasteiger partial charge in [-0.2, -0.15) is 0 Å². The number of ether oxygens (including phenoxy) is 2. The lowest BCUT2D eigenvalue weighted by Gasteiger charge is -2.06. The monoisotopic (exact) mass is 362 g/mol. The van der Waals surface area contributed by atoms with Gasteiger partial charge in [-0.15, -0.1) is 0 Å². The Kier molecular flexibility index (Phi) is 12.2. The van der Waals surface area contributed by atoms with Crippen LogP contribution in [-0.2, 0) is 14.3 Å². The van der Waals surface area contributed by atoms with Gasteiger partial charge in [-0.05, 0) is 37.5 Å². The molecule has 0 aliphatic rings. The first-order chi connectivity index (χ1) is 12.6. The number of hydrogen-bond donors (Lipinski definition) is 0. The van der Waals surface area contributed by atoms with Gasteiger partial charge in [0.1, 0.15) is 5.75 Å². The normalized spacial score (nSPS) is 10.5. The molecular formula is C22H34O4. The molecule has 0 radical (unpaired) electrons. The van der Waals surface area contributed by atoms with E-state index in [4.69, 9.17) is 9.47 Å². The summed E-state index contributed by atoms with van der Waals surface area (Å²) in [6.45, 7) is 4.66. The average molecular weight is 363 g/mol. The Labute approximate surface area is 158 Å². The number of rotatable bonds is 14. The lowest BCUT2D eigenvalue weighted by atomic mass is 10.1. The highest BCUT2D eigenvalue weighted by Gasteiger charge is 2.08. The van der Waals surface area contributed by atoms with Gasteiger partial charge in [0, 0.05) is 12.8 Å². The molecule has 1 aromatic carbocycles. The van der Waals surface area contributed by atoms with Crippen molar-refractivity contribution in [3.63, 3.8) is 0 Å². The second-order valence-corrected chi connectivity index (χ2v) is 6.84. The van der Waals surface area contributed by atoms with Gasteiger partial charge in [0.15, 0.2) is 0 Å². The van der Waals surface area contributed by atoms with Crippen molar-refractivity contribution < 1.29 is 19.1 Å². The number of hydrogen-bond acceptors (Lipinski definition) is 4. The van der Waals surface area contributed by atoms with Crippen LogP contribution >= 0.6 is 0 Å². The van der Waals surface area contributed by atoms with E-state index in [9.17, 15) is 9.59 Å². The van der Waals surface area contributed by atoms with Gasteiger partial charge < -0.3 is 9.47 Å². The summed E-state index contributed by atoms with van der Waals surface area (Å²) in [4.78, 5) is 23.4. The highest BCUT2D eigenvalue weighted by Crippen LogP contribution is 2.14. The predicted molar refractivity (Wildman–Crippen MR) is 104 cm³/mol. The summed E-state index contributed by atoms with van der Waals surface area (Å²) in [5.41, 5.74) is 1.04. The van der Waals surface area contributed by atoms with E-state index in [2.05, 4.69) is 6.92 Å². The second kappa shape index (κ2) is 14.3. The summed E-state index contributed by atoms with van der Waals surface area (Å²) >= 11 is 0. The summed E-state index contributed by atoms with van der Waals surface area (Å²) in [6, 6.07) is 7.36. The molecule has 0 heterocycles. The summed E-state index contributed by atoms with van der Waals surface area (Å²) in [6.07, 6.45) is 10.7. The third-order valence-electron chi connectivity index (χ3n) is 4.24. The number of aryl methyl sites for hydroxylation is 1. The van der Waals surface area contributed by atoms with E-state index in [1.54, 1.807) is 6.07 Å². The molecule has 1 aromatic rings. The number of benzene rings is 1. The van der Waals surface area contributed by atoms with Crippen LogP contribution in [0.15, 0.2) is 24.3 Å². The van der Waals surface area contributed by atoms with Crippen LogP contribution in [0.2, 0.25) is 0 Å². The Morgan fingerprint density at radius 3 is 2.19 bits per heavy atom. The second-order valence-electron chi connectivity index (χ2n) is 6.84. The van der Waals surface area contributed by atoms with Crippen LogP contribution in [-0.4, -0.2) is 18.5 Å². The minimum Gasteiger partial charge on any atom is -0.466 e. The fraction of sp³-hybridized carbons (Fsp3) is 0.636. The molecule has 0 unspecified atom stereocenters. The largest absolute Gasteiger partial charge is 0.466 e. The first kappa shape index (κ1) is 22.2. The Morgan fingerprint density at radius 2 is 1.50 bits per heavy atom. The van der Waals surface area contributed by atoms with Crippen LogP contribution in [0.4, 0.5) is 0 Å². The van der Waals surface area contributed by atoms with Crippen LogP contribution in [0.25, 0.3) is 0 Å². The molecule has 26 heavy (non-hydrogen) atoms. The van der Waals surface area contributed by atoms with Gasteiger partial charge in [-0.1, -0.05) is 64.0 Å². The maximum Gasteiger partial charge on any atom is 0.311 e. The van der Waals surface area contributed by atoms with Gasteiger partial charge >= 0.3 is 11.9 Å². The summed E-state index contributed by atoms with van der Waals surface area (Å²) in [7, 11) is 0. The van der Waals surface area contributed by atoms with Gasteiger partial charge in [0.25, 0.3) is 0 Å². The minimum atomic E-state index is -0.313. The molecule has 0 saturated heterocycles. The first-order valence-corrected chi connectivity index (χ1v) is 10.0. The van der Waals surface area contributed by atoms with Crippen molar-refractivity contribution in [2.75, 3.05) is 6.61 Å².